The quantitative estimate of drug-likeness (QED) is 0.742. The standard InChI is InChI=1S/C18H17FN4O3S/c19-13-4-3-5-14(12-13)27(25,26)23-10-8-22(9-11-23)18(24)17-15-6-1-2-7-16(15)20-21-17/h1-7,12H,8-11H2,(H,20,21). The fourth-order valence-corrected chi connectivity index (χ4v) is 4.64. The number of fused-ring (bicyclic) bond motifs is 1. The molecule has 0 aliphatic carbocycles. The van der Waals surface area contributed by atoms with Crippen LogP contribution in [0.5, 0.6) is 0 Å². The Balaban J connectivity index is 1.49. The number of carbonyl (C=O) groups is 1. The van der Waals surface area contributed by atoms with Gasteiger partial charge in [-0.3, -0.25) is 9.89 Å². The van der Waals surface area contributed by atoms with Crippen LogP contribution in [0.15, 0.2) is 53.4 Å². The maximum Gasteiger partial charge on any atom is 0.275 e. The highest BCUT2D eigenvalue weighted by molar-refractivity contribution is 7.89. The number of rotatable bonds is 3. The second-order valence-electron chi connectivity index (χ2n) is 6.27. The van der Waals surface area contributed by atoms with E-state index < -0.39 is 15.8 Å². The van der Waals surface area contributed by atoms with E-state index in [4.69, 9.17) is 0 Å². The average Bonchev–Trinajstić information content (AvgIpc) is 3.12. The Hall–Kier alpha value is -2.78. The van der Waals surface area contributed by atoms with Gasteiger partial charge in [0.25, 0.3) is 5.91 Å². The van der Waals surface area contributed by atoms with E-state index in [0.29, 0.717) is 5.69 Å². The number of piperazine rings is 1. The number of aromatic amines is 1. The monoisotopic (exact) mass is 388 g/mol. The lowest BCUT2D eigenvalue weighted by Crippen LogP contribution is -2.50. The van der Waals surface area contributed by atoms with Crippen LogP contribution in [0.2, 0.25) is 0 Å². The molecule has 3 aromatic rings. The van der Waals surface area contributed by atoms with E-state index in [1.54, 1.807) is 4.90 Å². The third-order valence-electron chi connectivity index (χ3n) is 4.63. The van der Waals surface area contributed by atoms with Gasteiger partial charge < -0.3 is 4.90 Å². The summed E-state index contributed by atoms with van der Waals surface area (Å²) in [5, 5.41) is 7.67. The summed E-state index contributed by atoms with van der Waals surface area (Å²) < 4.78 is 40.0. The number of H-pyrrole nitrogens is 1. The molecule has 0 unspecified atom stereocenters. The van der Waals surface area contributed by atoms with Gasteiger partial charge in [-0.15, -0.1) is 0 Å². The van der Waals surface area contributed by atoms with Gasteiger partial charge in [-0.25, -0.2) is 12.8 Å². The molecule has 27 heavy (non-hydrogen) atoms. The largest absolute Gasteiger partial charge is 0.335 e. The number of nitrogens with zero attached hydrogens (tertiary/aromatic N) is 3. The zero-order chi connectivity index (χ0) is 19.0. The van der Waals surface area contributed by atoms with Gasteiger partial charge in [-0.05, 0) is 24.3 Å². The highest BCUT2D eigenvalue weighted by Crippen LogP contribution is 2.21. The summed E-state index contributed by atoms with van der Waals surface area (Å²) in [6.45, 7) is 0.781. The van der Waals surface area contributed by atoms with Crippen molar-refractivity contribution in [2.24, 2.45) is 0 Å². The number of hydrogen-bond acceptors (Lipinski definition) is 4. The first-order valence-electron chi connectivity index (χ1n) is 8.45. The van der Waals surface area contributed by atoms with Gasteiger partial charge in [0.2, 0.25) is 10.0 Å². The van der Waals surface area contributed by atoms with Gasteiger partial charge in [-0.1, -0.05) is 24.3 Å². The molecule has 7 nitrogen and oxygen atoms in total. The van der Waals surface area contributed by atoms with E-state index in [0.717, 1.165) is 17.0 Å². The molecule has 4 rings (SSSR count). The number of benzene rings is 2. The van der Waals surface area contributed by atoms with Gasteiger partial charge >= 0.3 is 0 Å². The molecular weight excluding hydrogens is 371 g/mol. The summed E-state index contributed by atoms with van der Waals surface area (Å²) in [6, 6.07) is 12.3. The van der Waals surface area contributed by atoms with Crippen molar-refractivity contribution >= 4 is 26.8 Å². The van der Waals surface area contributed by atoms with Crippen LogP contribution in [0.1, 0.15) is 10.5 Å². The molecule has 1 aliphatic rings. The first-order chi connectivity index (χ1) is 13.0. The molecule has 0 radical (unpaired) electrons. The minimum Gasteiger partial charge on any atom is -0.335 e. The van der Waals surface area contributed by atoms with Crippen molar-refractivity contribution < 1.29 is 17.6 Å². The van der Waals surface area contributed by atoms with Crippen LogP contribution in [0.3, 0.4) is 0 Å². The van der Waals surface area contributed by atoms with Crippen molar-refractivity contribution in [2.45, 2.75) is 4.90 Å². The van der Waals surface area contributed by atoms with Crippen LogP contribution in [-0.2, 0) is 10.0 Å². The predicted octanol–water partition coefficient (Wildman–Crippen LogP) is 1.85. The summed E-state index contributed by atoms with van der Waals surface area (Å²) in [5.41, 5.74) is 1.10. The van der Waals surface area contributed by atoms with Crippen molar-refractivity contribution in [1.29, 1.82) is 0 Å². The summed E-state index contributed by atoms with van der Waals surface area (Å²) in [4.78, 5) is 14.3. The lowest BCUT2D eigenvalue weighted by Gasteiger charge is -2.33. The van der Waals surface area contributed by atoms with Crippen LogP contribution in [0, 0.1) is 5.82 Å². The maximum atomic E-state index is 13.4. The second-order valence-corrected chi connectivity index (χ2v) is 8.21. The fraction of sp³-hybridized carbons (Fsp3) is 0.222. The first-order valence-corrected chi connectivity index (χ1v) is 9.89. The molecule has 1 aromatic heterocycles. The molecule has 140 valence electrons. The Morgan fingerprint density at radius 3 is 2.52 bits per heavy atom. The molecule has 0 bridgehead atoms. The summed E-state index contributed by atoms with van der Waals surface area (Å²) in [7, 11) is -3.79. The molecule has 1 amide bonds. The van der Waals surface area contributed by atoms with E-state index in [1.807, 2.05) is 24.3 Å². The fourth-order valence-electron chi connectivity index (χ4n) is 3.18. The van der Waals surface area contributed by atoms with Crippen molar-refractivity contribution in [2.75, 3.05) is 26.2 Å². The third kappa shape index (κ3) is 3.19. The smallest absolute Gasteiger partial charge is 0.275 e. The van der Waals surface area contributed by atoms with E-state index in [9.17, 15) is 17.6 Å². The second kappa shape index (κ2) is 6.75. The normalized spacial score (nSPS) is 16.0. The highest BCUT2D eigenvalue weighted by atomic mass is 32.2. The van der Waals surface area contributed by atoms with Gasteiger partial charge in [0.05, 0.1) is 10.4 Å². The SMILES string of the molecule is O=C(c1n[nH]c2ccccc12)N1CCN(S(=O)(=O)c2cccc(F)c2)CC1. The highest BCUT2D eigenvalue weighted by Gasteiger charge is 2.31. The molecule has 1 fully saturated rings. The summed E-state index contributed by atoms with van der Waals surface area (Å²) in [5.74, 6) is -0.842. The molecule has 0 spiro atoms. The number of aromatic nitrogens is 2. The van der Waals surface area contributed by atoms with Gasteiger partial charge in [0, 0.05) is 31.6 Å². The summed E-state index contributed by atoms with van der Waals surface area (Å²) >= 11 is 0. The van der Waals surface area contributed by atoms with Crippen LogP contribution >= 0.6 is 0 Å². The Kier molecular flexibility index (Phi) is 4.40. The zero-order valence-electron chi connectivity index (χ0n) is 14.3. The Morgan fingerprint density at radius 2 is 1.78 bits per heavy atom. The Bertz CT molecular complexity index is 1100. The topological polar surface area (TPSA) is 86.4 Å². The van der Waals surface area contributed by atoms with Crippen LogP contribution < -0.4 is 0 Å². The molecule has 1 aliphatic heterocycles. The molecule has 0 saturated carbocycles. The Labute approximate surface area is 155 Å². The maximum absolute atomic E-state index is 13.4. The number of hydrogen-bond donors (Lipinski definition) is 1. The first kappa shape index (κ1) is 17.6. The zero-order valence-corrected chi connectivity index (χ0v) is 15.1. The minimum absolute atomic E-state index is 0.0828. The summed E-state index contributed by atoms with van der Waals surface area (Å²) in [6.07, 6.45) is 0. The van der Waals surface area contributed by atoms with Crippen molar-refractivity contribution in [1.82, 2.24) is 19.4 Å². The number of carbonyl (C=O) groups excluding carboxylic acids is 1. The number of nitrogens with one attached hydrogen (secondary N) is 1. The number of amides is 1. The molecule has 2 aromatic carbocycles. The number of sulfonamides is 1. The van der Waals surface area contributed by atoms with E-state index in [1.165, 1.54) is 22.5 Å². The number of halogens is 1. The molecule has 1 N–H and O–H groups in total. The lowest BCUT2D eigenvalue weighted by molar-refractivity contribution is 0.0694. The van der Waals surface area contributed by atoms with Gasteiger partial charge in [-0.2, -0.15) is 9.40 Å². The van der Waals surface area contributed by atoms with Crippen molar-refractivity contribution in [3.05, 3.63) is 60.0 Å². The van der Waals surface area contributed by atoms with Crippen LogP contribution in [0.25, 0.3) is 10.9 Å². The molecule has 1 saturated heterocycles. The number of para-hydroxylation sites is 1. The molecule has 9 heteroatoms. The van der Waals surface area contributed by atoms with Crippen molar-refractivity contribution in [3.63, 3.8) is 0 Å². The van der Waals surface area contributed by atoms with Gasteiger partial charge in [0.15, 0.2) is 5.69 Å². The van der Waals surface area contributed by atoms with Crippen LogP contribution in [-0.4, -0.2) is 59.9 Å². The van der Waals surface area contributed by atoms with E-state index in [2.05, 4.69) is 10.2 Å². The van der Waals surface area contributed by atoms with Crippen LogP contribution in [0.4, 0.5) is 4.39 Å². The molecule has 2 heterocycles. The molecule has 0 atom stereocenters. The van der Waals surface area contributed by atoms with E-state index in [-0.39, 0.29) is 37.0 Å². The lowest BCUT2D eigenvalue weighted by atomic mass is 10.2. The predicted molar refractivity (Wildman–Crippen MR) is 97.2 cm³/mol. The minimum atomic E-state index is -3.79. The molecular formula is C18H17FN4O3S. The average molecular weight is 388 g/mol. The Morgan fingerprint density at radius 1 is 1.04 bits per heavy atom. The van der Waals surface area contributed by atoms with E-state index >= 15 is 0 Å². The van der Waals surface area contributed by atoms with Gasteiger partial charge in [0.1, 0.15) is 5.82 Å². The third-order valence-corrected chi connectivity index (χ3v) is 6.53. The van der Waals surface area contributed by atoms with Crippen molar-refractivity contribution in [3.8, 4) is 0 Å².